The van der Waals surface area contributed by atoms with Gasteiger partial charge in [0.05, 0.1) is 6.61 Å². The number of hydrogen-bond donors (Lipinski definition) is 1. The van der Waals surface area contributed by atoms with E-state index in [1.165, 1.54) is 18.4 Å². The molecule has 1 aliphatic heterocycles. The van der Waals surface area contributed by atoms with Gasteiger partial charge in [0.25, 0.3) is 0 Å². The van der Waals surface area contributed by atoms with E-state index in [-0.39, 0.29) is 24.0 Å². The highest BCUT2D eigenvalue weighted by Gasteiger charge is 2.19. The van der Waals surface area contributed by atoms with Crippen LogP contribution in [0.3, 0.4) is 0 Å². The molecule has 1 aromatic rings. The third kappa shape index (κ3) is 9.11. The Morgan fingerprint density at radius 3 is 2.56 bits per heavy atom. The molecule has 2 rings (SSSR count). The Labute approximate surface area is 190 Å². The molecule has 0 saturated carbocycles. The summed E-state index contributed by atoms with van der Waals surface area (Å²) in [5, 5.41) is 3.43. The second kappa shape index (κ2) is 13.7. The molecule has 7 heteroatoms. The van der Waals surface area contributed by atoms with Crippen molar-refractivity contribution in [1.29, 1.82) is 0 Å². The Morgan fingerprint density at radius 1 is 1.30 bits per heavy atom. The summed E-state index contributed by atoms with van der Waals surface area (Å²) in [6.45, 7) is 8.97. The van der Waals surface area contributed by atoms with Gasteiger partial charge in [0.15, 0.2) is 5.96 Å². The number of ether oxygens (including phenoxy) is 1. The van der Waals surface area contributed by atoms with Crippen LogP contribution in [0.5, 0.6) is 0 Å². The van der Waals surface area contributed by atoms with Crippen molar-refractivity contribution < 1.29 is 4.74 Å². The largest absolute Gasteiger partial charge is 0.383 e. The maximum absolute atomic E-state index is 5.18. The van der Waals surface area contributed by atoms with Gasteiger partial charge in [0.2, 0.25) is 0 Å². The molecule has 0 amide bonds. The van der Waals surface area contributed by atoms with Gasteiger partial charge < -0.3 is 19.9 Å². The average molecular weight is 553 g/mol. The van der Waals surface area contributed by atoms with E-state index in [4.69, 9.17) is 9.73 Å². The Balaban J connectivity index is 0.00000364. The molecule has 0 radical (unpaired) electrons. The zero-order chi connectivity index (χ0) is 18.8. The van der Waals surface area contributed by atoms with Crippen molar-refractivity contribution in [3.63, 3.8) is 0 Å². The predicted octanol–water partition coefficient (Wildman–Crippen LogP) is 3.82. The molecular weight excluding hydrogens is 519 g/mol. The summed E-state index contributed by atoms with van der Waals surface area (Å²) in [5.74, 6) is 1.68. The summed E-state index contributed by atoms with van der Waals surface area (Å²) in [6, 6.07) is 8.48. The summed E-state index contributed by atoms with van der Waals surface area (Å²) in [6.07, 6.45) is 2.45. The maximum atomic E-state index is 5.18. The second-order valence-electron chi connectivity index (χ2n) is 6.95. The van der Waals surface area contributed by atoms with Crippen molar-refractivity contribution in [3.05, 3.63) is 34.3 Å². The van der Waals surface area contributed by atoms with Crippen LogP contribution in [0.15, 0.2) is 33.7 Å². The molecule has 27 heavy (non-hydrogen) atoms. The standard InChI is InChI=1S/C20H33BrN4O.HI/c1-4-22-20(24(2)16-18-5-7-19(21)8-6-18)23-15-17-9-11-25(12-10-17)13-14-26-3;/h5-8,17H,4,9-16H2,1-3H3,(H,22,23);1H. The number of aliphatic imine (C=N–C) groups is 1. The van der Waals surface area contributed by atoms with Crippen LogP contribution in [0.4, 0.5) is 0 Å². The van der Waals surface area contributed by atoms with Crippen LogP contribution in [0, 0.1) is 5.92 Å². The number of benzene rings is 1. The van der Waals surface area contributed by atoms with Crippen LogP contribution in [-0.4, -0.2) is 69.2 Å². The van der Waals surface area contributed by atoms with Gasteiger partial charge in [-0.3, -0.25) is 4.99 Å². The highest BCUT2D eigenvalue weighted by molar-refractivity contribution is 14.0. The number of guanidine groups is 1. The number of hydrogen-bond acceptors (Lipinski definition) is 3. The molecule has 1 heterocycles. The number of likely N-dealkylation sites (tertiary alicyclic amines) is 1. The Hall–Kier alpha value is -0.380. The number of nitrogens with zero attached hydrogens (tertiary/aromatic N) is 3. The second-order valence-corrected chi connectivity index (χ2v) is 7.87. The fourth-order valence-corrected chi connectivity index (χ4v) is 3.50. The molecule has 1 N–H and O–H groups in total. The SMILES string of the molecule is CCNC(=NCC1CCN(CCOC)CC1)N(C)Cc1ccc(Br)cc1.I. The van der Waals surface area contributed by atoms with E-state index in [0.717, 1.165) is 56.3 Å². The molecule has 0 unspecified atom stereocenters. The van der Waals surface area contributed by atoms with E-state index in [1.54, 1.807) is 7.11 Å². The van der Waals surface area contributed by atoms with Crippen molar-refractivity contribution >= 4 is 45.9 Å². The first-order valence-electron chi connectivity index (χ1n) is 9.57. The minimum atomic E-state index is 0. The van der Waals surface area contributed by atoms with Crippen LogP contribution >= 0.6 is 39.9 Å². The predicted molar refractivity (Wildman–Crippen MR) is 128 cm³/mol. The molecule has 1 aliphatic rings. The maximum Gasteiger partial charge on any atom is 0.193 e. The van der Waals surface area contributed by atoms with E-state index in [0.29, 0.717) is 5.92 Å². The minimum absolute atomic E-state index is 0. The fraction of sp³-hybridized carbons (Fsp3) is 0.650. The molecule has 0 bridgehead atoms. The van der Waals surface area contributed by atoms with Crippen LogP contribution in [0.25, 0.3) is 0 Å². The number of halogens is 2. The molecule has 1 aromatic carbocycles. The van der Waals surface area contributed by atoms with Gasteiger partial charge in [-0.15, -0.1) is 24.0 Å². The average Bonchev–Trinajstić information content (AvgIpc) is 2.66. The van der Waals surface area contributed by atoms with Gasteiger partial charge in [-0.2, -0.15) is 0 Å². The van der Waals surface area contributed by atoms with E-state index < -0.39 is 0 Å². The summed E-state index contributed by atoms with van der Waals surface area (Å²) in [4.78, 5) is 9.62. The van der Waals surface area contributed by atoms with Gasteiger partial charge in [-0.1, -0.05) is 28.1 Å². The zero-order valence-corrected chi connectivity index (χ0v) is 20.7. The highest BCUT2D eigenvalue weighted by atomic mass is 127. The number of methoxy groups -OCH3 is 1. The highest BCUT2D eigenvalue weighted by Crippen LogP contribution is 2.17. The molecule has 0 spiro atoms. The Bertz CT molecular complexity index is 547. The molecule has 1 saturated heterocycles. The van der Waals surface area contributed by atoms with Gasteiger partial charge in [-0.25, -0.2) is 0 Å². The third-order valence-corrected chi connectivity index (χ3v) is 5.38. The Kier molecular flexibility index (Phi) is 12.5. The quantitative estimate of drug-likeness (QED) is 0.302. The molecule has 0 aliphatic carbocycles. The lowest BCUT2D eigenvalue weighted by Crippen LogP contribution is -2.40. The van der Waals surface area contributed by atoms with Crippen molar-refractivity contribution in [2.24, 2.45) is 10.9 Å². The Morgan fingerprint density at radius 2 is 1.96 bits per heavy atom. The van der Waals surface area contributed by atoms with Crippen molar-refractivity contribution in [1.82, 2.24) is 15.1 Å². The molecule has 154 valence electrons. The van der Waals surface area contributed by atoms with Crippen LogP contribution in [0.1, 0.15) is 25.3 Å². The first-order valence-corrected chi connectivity index (χ1v) is 10.4. The lowest BCUT2D eigenvalue weighted by Gasteiger charge is -2.31. The molecule has 0 aromatic heterocycles. The number of nitrogens with one attached hydrogen (secondary N) is 1. The van der Waals surface area contributed by atoms with E-state index in [1.807, 2.05) is 0 Å². The first-order chi connectivity index (χ1) is 12.6. The number of rotatable bonds is 8. The van der Waals surface area contributed by atoms with Crippen LogP contribution in [-0.2, 0) is 11.3 Å². The zero-order valence-electron chi connectivity index (χ0n) is 16.8. The summed E-state index contributed by atoms with van der Waals surface area (Å²) < 4.78 is 6.29. The monoisotopic (exact) mass is 552 g/mol. The lowest BCUT2D eigenvalue weighted by molar-refractivity contribution is 0.121. The molecular formula is C20H34BrIN4O. The summed E-state index contributed by atoms with van der Waals surface area (Å²) in [5.41, 5.74) is 1.28. The molecule has 5 nitrogen and oxygen atoms in total. The van der Waals surface area contributed by atoms with Crippen molar-refractivity contribution in [2.75, 3.05) is 53.5 Å². The molecule has 0 atom stereocenters. The van der Waals surface area contributed by atoms with Gasteiger partial charge >= 0.3 is 0 Å². The summed E-state index contributed by atoms with van der Waals surface area (Å²) in [7, 11) is 3.88. The van der Waals surface area contributed by atoms with Crippen molar-refractivity contribution in [3.8, 4) is 0 Å². The minimum Gasteiger partial charge on any atom is -0.383 e. The fourth-order valence-electron chi connectivity index (χ4n) is 3.24. The van der Waals surface area contributed by atoms with Gasteiger partial charge in [0, 0.05) is 44.8 Å². The topological polar surface area (TPSA) is 40.1 Å². The smallest absolute Gasteiger partial charge is 0.193 e. The van der Waals surface area contributed by atoms with Crippen LogP contribution in [0.2, 0.25) is 0 Å². The van der Waals surface area contributed by atoms with Crippen molar-refractivity contribution in [2.45, 2.75) is 26.3 Å². The van der Waals surface area contributed by atoms with E-state index in [2.05, 4.69) is 69.3 Å². The van der Waals surface area contributed by atoms with Crippen LogP contribution < -0.4 is 5.32 Å². The molecule has 1 fully saturated rings. The summed E-state index contributed by atoms with van der Waals surface area (Å²) >= 11 is 3.49. The third-order valence-electron chi connectivity index (χ3n) is 4.85. The van der Waals surface area contributed by atoms with Gasteiger partial charge in [0.1, 0.15) is 0 Å². The first kappa shape index (κ1) is 24.7. The van der Waals surface area contributed by atoms with E-state index in [9.17, 15) is 0 Å². The van der Waals surface area contributed by atoms with Gasteiger partial charge in [-0.05, 0) is 56.5 Å². The lowest BCUT2D eigenvalue weighted by atomic mass is 9.97. The normalized spacial score (nSPS) is 16.1. The van der Waals surface area contributed by atoms with E-state index >= 15 is 0 Å². The number of piperidine rings is 1.